The number of nitrogens with one attached hydrogen (secondary N) is 2. The van der Waals surface area contributed by atoms with Gasteiger partial charge in [-0.15, -0.1) is 0 Å². The van der Waals surface area contributed by atoms with Crippen molar-refractivity contribution in [3.8, 4) is 0 Å². The summed E-state index contributed by atoms with van der Waals surface area (Å²) in [6, 6.07) is 2.83. The van der Waals surface area contributed by atoms with Crippen LogP contribution in [0, 0.1) is 10.1 Å². The average Bonchev–Trinajstić information content (AvgIpc) is 2.60. The lowest BCUT2D eigenvalue weighted by Gasteiger charge is -2.43. The molecule has 1 saturated heterocycles. The predicted octanol–water partition coefficient (Wildman–Crippen LogP) is 1.35. The van der Waals surface area contributed by atoms with Gasteiger partial charge in [-0.2, -0.15) is 0 Å². The van der Waals surface area contributed by atoms with Gasteiger partial charge in [-0.25, -0.2) is 4.98 Å². The molecule has 3 rings (SSSR count). The maximum Gasteiger partial charge on any atom is 0.293 e. The van der Waals surface area contributed by atoms with Gasteiger partial charge in [0.1, 0.15) is 5.69 Å². The minimum absolute atomic E-state index is 0.132. The van der Waals surface area contributed by atoms with E-state index in [1.54, 1.807) is 6.07 Å². The van der Waals surface area contributed by atoms with E-state index in [4.69, 9.17) is 4.74 Å². The molecule has 134 valence electrons. The lowest BCUT2D eigenvalue weighted by molar-refractivity contribution is -0.383. The van der Waals surface area contributed by atoms with Crippen molar-refractivity contribution in [2.75, 3.05) is 39.2 Å². The molecule has 1 fully saturated rings. The fourth-order valence-electron chi connectivity index (χ4n) is 3.19. The van der Waals surface area contributed by atoms with Gasteiger partial charge in [-0.05, 0) is 33.0 Å². The van der Waals surface area contributed by atoms with Crippen LogP contribution in [-0.4, -0.2) is 59.2 Å². The van der Waals surface area contributed by atoms with Gasteiger partial charge in [0.25, 0.3) is 11.2 Å². The molecule has 0 amide bonds. The number of ether oxygens (including phenoxy) is 1. The van der Waals surface area contributed by atoms with E-state index in [1.165, 1.54) is 12.4 Å². The van der Waals surface area contributed by atoms with E-state index in [-0.39, 0.29) is 16.6 Å². The molecule has 0 saturated carbocycles. The van der Waals surface area contributed by atoms with E-state index in [0.717, 1.165) is 12.8 Å². The monoisotopic (exact) mass is 347 g/mol. The lowest BCUT2D eigenvalue weighted by atomic mass is 9.88. The number of aromatic nitrogens is 2. The highest BCUT2D eigenvalue weighted by Gasteiger charge is 2.35. The third-order valence-electron chi connectivity index (χ3n) is 4.93. The van der Waals surface area contributed by atoms with Gasteiger partial charge in [0.15, 0.2) is 0 Å². The number of anilines is 1. The molecule has 0 spiro atoms. The smallest absolute Gasteiger partial charge is 0.293 e. The average molecular weight is 347 g/mol. The molecule has 1 aromatic heterocycles. The third kappa shape index (κ3) is 3.33. The number of nitrogens with zero attached hydrogens (tertiary/aromatic N) is 3. The van der Waals surface area contributed by atoms with Crippen molar-refractivity contribution in [2.24, 2.45) is 0 Å². The first-order valence-electron chi connectivity index (χ1n) is 8.08. The summed E-state index contributed by atoms with van der Waals surface area (Å²) < 4.78 is 5.45. The molecular formula is C16H21N5O4. The fourth-order valence-corrected chi connectivity index (χ4v) is 3.19. The lowest BCUT2D eigenvalue weighted by Crippen LogP contribution is -2.53. The Labute approximate surface area is 144 Å². The van der Waals surface area contributed by atoms with Crippen molar-refractivity contribution < 1.29 is 9.66 Å². The van der Waals surface area contributed by atoms with Gasteiger partial charge in [-0.3, -0.25) is 14.9 Å². The van der Waals surface area contributed by atoms with E-state index in [0.29, 0.717) is 31.0 Å². The highest BCUT2D eigenvalue weighted by molar-refractivity contribution is 5.86. The minimum atomic E-state index is -0.486. The van der Waals surface area contributed by atoms with Gasteiger partial charge in [0.2, 0.25) is 0 Å². The Morgan fingerprint density at radius 1 is 1.40 bits per heavy atom. The van der Waals surface area contributed by atoms with Crippen LogP contribution in [0.5, 0.6) is 0 Å². The summed E-state index contributed by atoms with van der Waals surface area (Å²) in [5, 5.41) is 14.9. The first-order valence-corrected chi connectivity index (χ1v) is 8.08. The number of benzene rings is 1. The predicted molar refractivity (Wildman–Crippen MR) is 94.0 cm³/mol. The van der Waals surface area contributed by atoms with Gasteiger partial charge < -0.3 is 19.9 Å². The SMILES string of the molecule is CN(C)C1(CNc2cc3nc[nH]c(=O)c3cc2[N+](=O)[O-])CCOCC1. The molecule has 1 aromatic carbocycles. The number of nitro benzene ring substituents is 1. The van der Waals surface area contributed by atoms with Crippen LogP contribution in [0.4, 0.5) is 11.4 Å². The van der Waals surface area contributed by atoms with Crippen molar-refractivity contribution in [2.45, 2.75) is 18.4 Å². The zero-order chi connectivity index (χ0) is 18.0. The number of rotatable bonds is 5. The Bertz CT molecular complexity index is 842. The second kappa shape index (κ2) is 6.77. The molecule has 0 unspecified atom stereocenters. The summed E-state index contributed by atoms with van der Waals surface area (Å²) in [5.41, 5.74) is 0.120. The number of fused-ring (bicyclic) bond motifs is 1. The largest absolute Gasteiger partial charge is 0.381 e. The highest BCUT2D eigenvalue weighted by Crippen LogP contribution is 2.31. The molecule has 1 aliphatic rings. The summed E-state index contributed by atoms with van der Waals surface area (Å²) >= 11 is 0. The fraction of sp³-hybridized carbons (Fsp3) is 0.500. The van der Waals surface area contributed by atoms with Crippen LogP contribution in [0.3, 0.4) is 0 Å². The second-order valence-corrected chi connectivity index (χ2v) is 6.46. The summed E-state index contributed by atoms with van der Waals surface area (Å²) in [6.45, 7) is 1.87. The van der Waals surface area contributed by atoms with Gasteiger partial charge in [0.05, 0.1) is 22.2 Å². The number of hydrogen-bond donors (Lipinski definition) is 2. The van der Waals surface area contributed by atoms with Crippen LogP contribution in [0.25, 0.3) is 10.9 Å². The number of likely N-dealkylation sites (N-methyl/N-ethyl adjacent to an activating group) is 1. The molecule has 0 aliphatic carbocycles. The number of H-pyrrole nitrogens is 1. The van der Waals surface area contributed by atoms with Gasteiger partial charge in [0, 0.05) is 31.4 Å². The van der Waals surface area contributed by atoms with Crippen molar-refractivity contribution in [1.29, 1.82) is 0 Å². The van der Waals surface area contributed by atoms with Crippen molar-refractivity contribution in [3.05, 3.63) is 38.9 Å². The molecule has 2 N–H and O–H groups in total. The number of hydrogen-bond acceptors (Lipinski definition) is 7. The molecule has 2 heterocycles. The molecule has 0 atom stereocenters. The summed E-state index contributed by atoms with van der Waals surface area (Å²) in [7, 11) is 4.01. The molecule has 1 aliphatic heterocycles. The zero-order valence-electron chi connectivity index (χ0n) is 14.2. The minimum Gasteiger partial charge on any atom is -0.381 e. The molecule has 2 aromatic rings. The summed E-state index contributed by atoms with van der Waals surface area (Å²) in [6.07, 6.45) is 2.97. The van der Waals surface area contributed by atoms with Crippen LogP contribution in [0.1, 0.15) is 12.8 Å². The maximum atomic E-state index is 11.9. The van der Waals surface area contributed by atoms with Crippen LogP contribution >= 0.6 is 0 Å². The Kier molecular flexibility index (Phi) is 4.69. The van der Waals surface area contributed by atoms with E-state index < -0.39 is 10.5 Å². The first kappa shape index (κ1) is 17.3. The first-order chi connectivity index (χ1) is 11.9. The van der Waals surface area contributed by atoms with E-state index >= 15 is 0 Å². The molecule has 9 nitrogen and oxygen atoms in total. The van der Waals surface area contributed by atoms with Crippen LogP contribution in [0.15, 0.2) is 23.3 Å². The summed E-state index contributed by atoms with van der Waals surface area (Å²) in [5.74, 6) is 0. The number of nitro groups is 1. The topological polar surface area (TPSA) is 113 Å². The molecule has 25 heavy (non-hydrogen) atoms. The quantitative estimate of drug-likeness (QED) is 0.620. The Morgan fingerprint density at radius 2 is 2.12 bits per heavy atom. The van der Waals surface area contributed by atoms with Gasteiger partial charge in [-0.1, -0.05) is 0 Å². The molecule has 0 bridgehead atoms. The van der Waals surface area contributed by atoms with Crippen LogP contribution < -0.4 is 10.9 Å². The standard InChI is InChI=1S/C16H21N5O4/c1-20(2)16(3-5-25-6-4-16)9-17-13-8-12-11(7-14(13)21(23)24)15(22)19-10-18-12/h7-8,10,17H,3-6,9H2,1-2H3,(H,18,19,22). The van der Waals surface area contributed by atoms with E-state index in [1.807, 2.05) is 14.1 Å². The van der Waals surface area contributed by atoms with E-state index in [2.05, 4.69) is 20.2 Å². The van der Waals surface area contributed by atoms with Crippen molar-refractivity contribution >= 4 is 22.3 Å². The van der Waals surface area contributed by atoms with Crippen LogP contribution in [0.2, 0.25) is 0 Å². The van der Waals surface area contributed by atoms with Crippen molar-refractivity contribution in [1.82, 2.24) is 14.9 Å². The maximum absolute atomic E-state index is 11.9. The van der Waals surface area contributed by atoms with Gasteiger partial charge >= 0.3 is 0 Å². The second-order valence-electron chi connectivity index (χ2n) is 6.46. The Balaban J connectivity index is 1.96. The number of aromatic amines is 1. The summed E-state index contributed by atoms with van der Waals surface area (Å²) in [4.78, 5) is 31.5. The normalized spacial score (nSPS) is 16.9. The Morgan fingerprint density at radius 3 is 2.76 bits per heavy atom. The zero-order valence-corrected chi connectivity index (χ0v) is 14.2. The van der Waals surface area contributed by atoms with Crippen molar-refractivity contribution in [3.63, 3.8) is 0 Å². The molecule has 9 heteroatoms. The third-order valence-corrected chi connectivity index (χ3v) is 4.93. The molecule has 0 radical (unpaired) electrons. The highest BCUT2D eigenvalue weighted by atomic mass is 16.6. The molecular weight excluding hydrogens is 326 g/mol. The Hall–Kier alpha value is -2.52. The van der Waals surface area contributed by atoms with E-state index in [9.17, 15) is 14.9 Å². The van der Waals surface area contributed by atoms with Crippen LogP contribution in [-0.2, 0) is 4.74 Å².